The minimum atomic E-state index is 0.622. The van der Waals surface area contributed by atoms with E-state index in [2.05, 4.69) is 23.8 Å². The Kier molecular flexibility index (Phi) is 4.16. The van der Waals surface area contributed by atoms with Gasteiger partial charge in [-0.05, 0) is 24.8 Å². The highest BCUT2D eigenvalue weighted by Gasteiger charge is 2.18. The van der Waals surface area contributed by atoms with E-state index in [4.69, 9.17) is 5.73 Å². The van der Waals surface area contributed by atoms with Gasteiger partial charge in [-0.2, -0.15) is 16.9 Å². The molecule has 0 saturated heterocycles. The summed E-state index contributed by atoms with van der Waals surface area (Å²) in [5.41, 5.74) is 5.57. The van der Waals surface area contributed by atoms with Crippen molar-refractivity contribution in [3.8, 4) is 0 Å². The number of nitrogens with zero attached hydrogens (tertiary/aromatic N) is 2. The van der Waals surface area contributed by atoms with Crippen LogP contribution in [0, 0.1) is 5.92 Å². The smallest absolute Gasteiger partial charge is 0.145 e. The highest BCUT2D eigenvalue weighted by molar-refractivity contribution is 7.99. The summed E-state index contributed by atoms with van der Waals surface area (Å²) in [6, 6.07) is 1.85. The van der Waals surface area contributed by atoms with Crippen LogP contribution < -0.4 is 5.73 Å². The summed E-state index contributed by atoms with van der Waals surface area (Å²) in [6.45, 7) is 3.35. The van der Waals surface area contributed by atoms with Crippen molar-refractivity contribution in [2.45, 2.75) is 44.4 Å². The Labute approximate surface area is 102 Å². The first-order valence-corrected chi connectivity index (χ1v) is 7.19. The van der Waals surface area contributed by atoms with Crippen LogP contribution in [0.2, 0.25) is 0 Å². The molecule has 1 saturated carbocycles. The quantitative estimate of drug-likeness (QED) is 0.878. The summed E-state index contributed by atoms with van der Waals surface area (Å²) in [5.74, 6) is 2.70. The van der Waals surface area contributed by atoms with Crippen molar-refractivity contribution in [3.05, 3.63) is 12.3 Å². The zero-order valence-corrected chi connectivity index (χ0v) is 10.7. The molecule has 2 N–H and O–H groups in total. The van der Waals surface area contributed by atoms with Crippen molar-refractivity contribution >= 4 is 17.6 Å². The first-order valence-electron chi connectivity index (χ1n) is 6.14. The van der Waals surface area contributed by atoms with Crippen LogP contribution in [0.25, 0.3) is 0 Å². The Balaban J connectivity index is 1.67. The number of nitrogen functional groups attached to an aromatic ring is 1. The molecule has 3 nitrogen and oxygen atoms in total. The molecule has 0 radical (unpaired) electrons. The lowest BCUT2D eigenvalue weighted by Crippen LogP contribution is -2.16. The molecule has 4 heteroatoms. The van der Waals surface area contributed by atoms with Crippen LogP contribution in [0.4, 0.5) is 5.82 Å². The predicted molar refractivity (Wildman–Crippen MR) is 70.5 cm³/mol. The van der Waals surface area contributed by atoms with Gasteiger partial charge in [-0.1, -0.05) is 19.8 Å². The predicted octanol–water partition coefficient (Wildman–Crippen LogP) is 2.78. The maximum absolute atomic E-state index is 5.57. The molecular formula is C12H21N3S. The Morgan fingerprint density at radius 1 is 1.56 bits per heavy atom. The van der Waals surface area contributed by atoms with Crippen LogP contribution in [0.15, 0.2) is 12.3 Å². The van der Waals surface area contributed by atoms with Gasteiger partial charge in [-0.3, -0.25) is 4.68 Å². The SMILES string of the molecule is CC1CCCC(SCCn2ccc(N)n2)C1. The van der Waals surface area contributed by atoms with E-state index >= 15 is 0 Å². The van der Waals surface area contributed by atoms with Gasteiger partial charge in [0.2, 0.25) is 0 Å². The van der Waals surface area contributed by atoms with Crippen molar-refractivity contribution in [2.24, 2.45) is 5.92 Å². The number of hydrogen-bond acceptors (Lipinski definition) is 3. The zero-order valence-electron chi connectivity index (χ0n) is 9.93. The average Bonchev–Trinajstić information content (AvgIpc) is 2.64. The molecule has 0 aromatic carbocycles. The second kappa shape index (κ2) is 5.62. The molecule has 2 atom stereocenters. The van der Waals surface area contributed by atoms with Crippen LogP contribution in [-0.4, -0.2) is 20.8 Å². The van der Waals surface area contributed by atoms with Crippen LogP contribution >= 0.6 is 11.8 Å². The number of rotatable bonds is 4. The zero-order chi connectivity index (χ0) is 11.4. The number of aryl methyl sites for hydroxylation is 1. The second-order valence-electron chi connectivity index (χ2n) is 4.77. The minimum Gasteiger partial charge on any atom is -0.382 e. The van der Waals surface area contributed by atoms with Gasteiger partial charge >= 0.3 is 0 Å². The summed E-state index contributed by atoms with van der Waals surface area (Å²) in [7, 11) is 0. The van der Waals surface area contributed by atoms with Crippen LogP contribution in [-0.2, 0) is 6.54 Å². The highest BCUT2D eigenvalue weighted by atomic mass is 32.2. The summed E-state index contributed by atoms with van der Waals surface area (Å²) < 4.78 is 1.94. The molecule has 1 aliphatic rings. The standard InChI is InChI=1S/C12H21N3S/c1-10-3-2-4-11(9-10)16-8-7-15-6-5-12(13)14-15/h5-6,10-11H,2-4,7-9H2,1H3,(H2,13,14). The molecular weight excluding hydrogens is 218 g/mol. The van der Waals surface area contributed by atoms with Crippen molar-refractivity contribution in [1.82, 2.24) is 9.78 Å². The van der Waals surface area contributed by atoms with Gasteiger partial charge in [0.05, 0.1) is 6.54 Å². The van der Waals surface area contributed by atoms with E-state index < -0.39 is 0 Å². The number of nitrogens with two attached hydrogens (primary N) is 1. The van der Waals surface area contributed by atoms with Crippen molar-refractivity contribution in [3.63, 3.8) is 0 Å². The van der Waals surface area contributed by atoms with Gasteiger partial charge < -0.3 is 5.73 Å². The van der Waals surface area contributed by atoms with E-state index in [0.29, 0.717) is 5.82 Å². The fourth-order valence-electron chi connectivity index (χ4n) is 2.34. The Morgan fingerprint density at radius 3 is 3.12 bits per heavy atom. The van der Waals surface area contributed by atoms with Gasteiger partial charge in [0, 0.05) is 17.2 Å². The third kappa shape index (κ3) is 3.44. The van der Waals surface area contributed by atoms with E-state index in [0.717, 1.165) is 23.5 Å². The van der Waals surface area contributed by atoms with E-state index in [1.54, 1.807) is 0 Å². The summed E-state index contributed by atoms with van der Waals surface area (Å²) in [4.78, 5) is 0. The average molecular weight is 239 g/mol. The summed E-state index contributed by atoms with van der Waals surface area (Å²) in [6.07, 6.45) is 7.59. The first kappa shape index (κ1) is 11.8. The molecule has 0 amide bonds. The molecule has 0 aliphatic heterocycles. The summed E-state index contributed by atoms with van der Waals surface area (Å²) in [5, 5.41) is 5.06. The van der Waals surface area contributed by atoms with Crippen molar-refractivity contribution in [1.29, 1.82) is 0 Å². The number of thioether (sulfide) groups is 1. The maximum atomic E-state index is 5.57. The fourth-order valence-corrected chi connectivity index (χ4v) is 3.77. The minimum absolute atomic E-state index is 0.622. The number of anilines is 1. The topological polar surface area (TPSA) is 43.8 Å². The van der Waals surface area contributed by atoms with Crippen LogP contribution in [0.3, 0.4) is 0 Å². The Hall–Kier alpha value is -0.640. The third-order valence-corrected chi connectivity index (χ3v) is 4.54. The van der Waals surface area contributed by atoms with Gasteiger partial charge in [0.25, 0.3) is 0 Å². The largest absolute Gasteiger partial charge is 0.382 e. The Bertz CT molecular complexity index is 324. The monoisotopic (exact) mass is 239 g/mol. The molecule has 1 heterocycles. The molecule has 1 aromatic heterocycles. The maximum Gasteiger partial charge on any atom is 0.145 e. The normalized spacial score (nSPS) is 25.8. The van der Waals surface area contributed by atoms with E-state index in [-0.39, 0.29) is 0 Å². The lowest BCUT2D eigenvalue weighted by Gasteiger charge is -2.26. The van der Waals surface area contributed by atoms with E-state index in [1.165, 1.54) is 25.7 Å². The summed E-state index contributed by atoms with van der Waals surface area (Å²) >= 11 is 2.10. The molecule has 1 fully saturated rings. The van der Waals surface area contributed by atoms with Gasteiger partial charge in [-0.25, -0.2) is 0 Å². The van der Waals surface area contributed by atoms with Crippen molar-refractivity contribution < 1.29 is 0 Å². The lowest BCUT2D eigenvalue weighted by molar-refractivity contribution is 0.394. The molecule has 0 spiro atoms. The van der Waals surface area contributed by atoms with Gasteiger partial charge in [0.1, 0.15) is 5.82 Å². The second-order valence-corrected chi connectivity index (χ2v) is 6.18. The molecule has 2 unspecified atom stereocenters. The van der Waals surface area contributed by atoms with Crippen molar-refractivity contribution in [2.75, 3.05) is 11.5 Å². The van der Waals surface area contributed by atoms with Gasteiger partial charge in [0.15, 0.2) is 0 Å². The molecule has 0 bridgehead atoms. The molecule has 90 valence electrons. The lowest BCUT2D eigenvalue weighted by atomic mass is 9.91. The van der Waals surface area contributed by atoms with Crippen LogP contribution in [0.1, 0.15) is 32.6 Å². The van der Waals surface area contributed by atoms with Gasteiger partial charge in [-0.15, -0.1) is 0 Å². The highest BCUT2D eigenvalue weighted by Crippen LogP contribution is 2.31. The number of aromatic nitrogens is 2. The first-order chi connectivity index (χ1) is 7.74. The Morgan fingerprint density at radius 2 is 2.44 bits per heavy atom. The molecule has 2 rings (SSSR count). The molecule has 16 heavy (non-hydrogen) atoms. The molecule has 1 aliphatic carbocycles. The number of hydrogen-bond donors (Lipinski definition) is 1. The van der Waals surface area contributed by atoms with E-state index in [9.17, 15) is 0 Å². The molecule has 1 aromatic rings. The van der Waals surface area contributed by atoms with E-state index in [1.807, 2.05) is 16.9 Å². The third-order valence-electron chi connectivity index (χ3n) is 3.22. The van der Waals surface area contributed by atoms with Crippen LogP contribution in [0.5, 0.6) is 0 Å². The fraction of sp³-hybridized carbons (Fsp3) is 0.750.